The van der Waals surface area contributed by atoms with Gasteiger partial charge in [-0.25, -0.2) is 13.1 Å². The van der Waals surface area contributed by atoms with Gasteiger partial charge >= 0.3 is 0 Å². The molecule has 0 heterocycles. The van der Waals surface area contributed by atoms with Crippen molar-refractivity contribution in [2.75, 3.05) is 25.5 Å². The van der Waals surface area contributed by atoms with Crippen LogP contribution in [0.5, 0.6) is 0 Å². The summed E-state index contributed by atoms with van der Waals surface area (Å²) in [6.07, 6.45) is 0. The lowest BCUT2D eigenvalue weighted by Gasteiger charge is -2.12. The van der Waals surface area contributed by atoms with Gasteiger partial charge in [0.25, 0.3) is 0 Å². The molecule has 0 saturated carbocycles. The second-order valence-electron chi connectivity index (χ2n) is 4.68. The second kappa shape index (κ2) is 7.74. The van der Waals surface area contributed by atoms with Crippen LogP contribution in [-0.4, -0.2) is 28.2 Å². The molecular formula is C12H18Br2N2O3S. The Hall–Kier alpha value is -0.150. The first-order chi connectivity index (χ1) is 9.24. The number of ether oxygens (including phenoxy) is 1. The predicted octanol–water partition coefficient (Wildman–Crippen LogP) is 2.74. The first-order valence-electron chi connectivity index (χ1n) is 6.06. The molecule has 5 nitrogen and oxygen atoms in total. The summed E-state index contributed by atoms with van der Waals surface area (Å²) >= 11 is 6.43. The van der Waals surface area contributed by atoms with Crippen LogP contribution in [0.2, 0.25) is 0 Å². The summed E-state index contributed by atoms with van der Waals surface area (Å²) in [6.45, 7) is 5.23. The van der Waals surface area contributed by atoms with Crippen molar-refractivity contribution in [3.63, 3.8) is 0 Å². The molecule has 1 aromatic rings. The average molecular weight is 430 g/mol. The Morgan fingerprint density at radius 3 is 2.35 bits per heavy atom. The molecule has 20 heavy (non-hydrogen) atoms. The molecule has 0 fully saturated rings. The quantitative estimate of drug-likeness (QED) is 0.515. The van der Waals surface area contributed by atoms with Gasteiger partial charge in [0.2, 0.25) is 10.0 Å². The standard InChI is InChI=1S/C12H18Br2N2O3S/c1-8(2)7-19-4-3-16-20(17,18)12-10(13)5-9(15)6-11(12)14/h5-6,8,16H,3-4,7,15H2,1-2H3. The summed E-state index contributed by atoms with van der Waals surface area (Å²) in [4.78, 5) is 0.135. The van der Waals surface area contributed by atoms with E-state index in [1.807, 2.05) is 13.8 Å². The second-order valence-corrected chi connectivity index (χ2v) is 8.09. The molecule has 0 spiro atoms. The van der Waals surface area contributed by atoms with E-state index < -0.39 is 10.0 Å². The van der Waals surface area contributed by atoms with Crippen LogP contribution in [0.25, 0.3) is 0 Å². The zero-order valence-electron chi connectivity index (χ0n) is 11.3. The van der Waals surface area contributed by atoms with Gasteiger partial charge in [0.15, 0.2) is 0 Å². The molecule has 3 N–H and O–H groups in total. The van der Waals surface area contributed by atoms with E-state index in [4.69, 9.17) is 10.5 Å². The summed E-state index contributed by atoms with van der Waals surface area (Å²) in [7, 11) is -3.62. The number of nitrogens with one attached hydrogen (secondary N) is 1. The zero-order valence-corrected chi connectivity index (χ0v) is 15.3. The summed E-state index contributed by atoms with van der Waals surface area (Å²) < 4.78 is 33.1. The van der Waals surface area contributed by atoms with Crippen LogP contribution in [0, 0.1) is 5.92 Å². The number of hydrogen-bond donors (Lipinski definition) is 2. The minimum absolute atomic E-state index is 0.135. The Kier molecular flexibility index (Phi) is 6.93. The van der Waals surface area contributed by atoms with Crippen molar-refractivity contribution < 1.29 is 13.2 Å². The lowest BCUT2D eigenvalue weighted by Crippen LogP contribution is -2.28. The minimum Gasteiger partial charge on any atom is -0.399 e. The third kappa shape index (κ3) is 5.33. The molecule has 0 aliphatic carbocycles. The Bertz CT molecular complexity index is 539. The van der Waals surface area contributed by atoms with Crippen molar-refractivity contribution in [3.8, 4) is 0 Å². The first-order valence-corrected chi connectivity index (χ1v) is 9.13. The summed E-state index contributed by atoms with van der Waals surface area (Å²) in [6, 6.07) is 3.10. The number of anilines is 1. The molecule has 0 atom stereocenters. The number of nitrogen functional groups attached to an aromatic ring is 1. The van der Waals surface area contributed by atoms with Crippen molar-refractivity contribution in [2.24, 2.45) is 5.92 Å². The van der Waals surface area contributed by atoms with Crippen molar-refractivity contribution in [2.45, 2.75) is 18.7 Å². The van der Waals surface area contributed by atoms with Crippen LogP contribution in [-0.2, 0) is 14.8 Å². The highest BCUT2D eigenvalue weighted by Crippen LogP contribution is 2.32. The van der Waals surface area contributed by atoms with E-state index in [0.717, 1.165) is 0 Å². The maximum Gasteiger partial charge on any atom is 0.242 e. The Labute approximate surface area is 136 Å². The molecule has 1 rings (SSSR count). The largest absolute Gasteiger partial charge is 0.399 e. The fraction of sp³-hybridized carbons (Fsp3) is 0.500. The molecule has 0 aliphatic heterocycles. The van der Waals surface area contributed by atoms with E-state index in [1.165, 1.54) is 0 Å². The lowest BCUT2D eigenvalue weighted by atomic mass is 10.2. The molecule has 1 aromatic carbocycles. The van der Waals surface area contributed by atoms with Crippen LogP contribution in [0.4, 0.5) is 5.69 Å². The van der Waals surface area contributed by atoms with Gasteiger partial charge in [-0.2, -0.15) is 0 Å². The summed E-state index contributed by atoms with van der Waals surface area (Å²) in [5.41, 5.74) is 6.12. The normalized spacial score (nSPS) is 12.1. The minimum atomic E-state index is -3.62. The SMILES string of the molecule is CC(C)COCCNS(=O)(=O)c1c(Br)cc(N)cc1Br. The first kappa shape index (κ1) is 17.9. The van der Waals surface area contributed by atoms with Crippen LogP contribution in [0.3, 0.4) is 0 Å². The van der Waals surface area contributed by atoms with E-state index in [-0.39, 0.29) is 11.4 Å². The Balaban J connectivity index is 2.70. The van der Waals surface area contributed by atoms with Gasteiger partial charge in [0, 0.05) is 27.8 Å². The average Bonchev–Trinajstić information content (AvgIpc) is 2.25. The van der Waals surface area contributed by atoms with Crippen LogP contribution < -0.4 is 10.5 Å². The predicted molar refractivity (Wildman–Crippen MR) is 87.1 cm³/mol. The number of rotatable bonds is 7. The van der Waals surface area contributed by atoms with Crippen molar-refractivity contribution >= 4 is 47.6 Å². The Morgan fingerprint density at radius 2 is 1.85 bits per heavy atom. The number of benzene rings is 1. The van der Waals surface area contributed by atoms with Gasteiger partial charge in [-0.1, -0.05) is 13.8 Å². The van der Waals surface area contributed by atoms with E-state index in [2.05, 4.69) is 36.6 Å². The maximum atomic E-state index is 12.2. The molecule has 0 aromatic heterocycles. The molecule has 0 unspecified atom stereocenters. The smallest absolute Gasteiger partial charge is 0.242 e. The van der Waals surface area contributed by atoms with Crippen molar-refractivity contribution in [3.05, 3.63) is 21.1 Å². The number of sulfonamides is 1. The molecule has 114 valence electrons. The maximum absolute atomic E-state index is 12.2. The topological polar surface area (TPSA) is 81.4 Å². The fourth-order valence-electron chi connectivity index (χ4n) is 1.48. The highest BCUT2D eigenvalue weighted by Gasteiger charge is 2.21. The van der Waals surface area contributed by atoms with Crippen LogP contribution in [0.15, 0.2) is 26.0 Å². The number of hydrogen-bond acceptors (Lipinski definition) is 4. The van der Waals surface area contributed by atoms with Gasteiger partial charge in [-0.3, -0.25) is 0 Å². The molecule has 0 radical (unpaired) electrons. The van der Waals surface area contributed by atoms with E-state index in [0.29, 0.717) is 33.8 Å². The highest BCUT2D eigenvalue weighted by atomic mass is 79.9. The zero-order chi connectivity index (χ0) is 15.3. The monoisotopic (exact) mass is 428 g/mol. The number of halogens is 2. The van der Waals surface area contributed by atoms with Gasteiger partial charge in [0.1, 0.15) is 4.90 Å². The van der Waals surface area contributed by atoms with Crippen molar-refractivity contribution in [1.82, 2.24) is 4.72 Å². The van der Waals surface area contributed by atoms with Crippen LogP contribution in [0.1, 0.15) is 13.8 Å². The van der Waals surface area contributed by atoms with E-state index in [1.54, 1.807) is 12.1 Å². The van der Waals surface area contributed by atoms with E-state index in [9.17, 15) is 8.42 Å². The van der Waals surface area contributed by atoms with Gasteiger partial charge in [0.05, 0.1) is 6.61 Å². The van der Waals surface area contributed by atoms with Gasteiger partial charge in [-0.15, -0.1) is 0 Å². The van der Waals surface area contributed by atoms with Crippen molar-refractivity contribution in [1.29, 1.82) is 0 Å². The molecule has 0 saturated heterocycles. The molecule has 0 bridgehead atoms. The number of nitrogens with two attached hydrogens (primary N) is 1. The van der Waals surface area contributed by atoms with Gasteiger partial charge in [-0.05, 0) is 49.9 Å². The third-order valence-electron chi connectivity index (χ3n) is 2.28. The van der Waals surface area contributed by atoms with Crippen LogP contribution >= 0.6 is 31.9 Å². The Morgan fingerprint density at radius 1 is 1.30 bits per heavy atom. The molecule has 0 amide bonds. The van der Waals surface area contributed by atoms with E-state index >= 15 is 0 Å². The molecular weight excluding hydrogens is 412 g/mol. The third-order valence-corrected chi connectivity index (χ3v) is 5.62. The van der Waals surface area contributed by atoms with Gasteiger partial charge < -0.3 is 10.5 Å². The molecule has 0 aliphatic rings. The molecule has 8 heteroatoms. The fourth-order valence-corrected chi connectivity index (χ4v) is 5.10. The lowest BCUT2D eigenvalue weighted by molar-refractivity contribution is 0.114. The highest BCUT2D eigenvalue weighted by molar-refractivity contribution is 9.11. The summed E-state index contributed by atoms with van der Waals surface area (Å²) in [5.74, 6) is 0.423. The summed E-state index contributed by atoms with van der Waals surface area (Å²) in [5, 5.41) is 0.